The third-order valence-corrected chi connectivity index (χ3v) is 6.27. The number of ether oxygens (including phenoxy) is 1. The van der Waals surface area contributed by atoms with Gasteiger partial charge in [0, 0.05) is 17.0 Å². The van der Waals surface area contributed by atoms with E-state index in [0.717, 1.165) is 6.42 Å². The smallest absolute Gasteiger partial charge is 0.251 e. The SMILES string of the molecule is CC[C@@H](C)c1n[nH]c([C@H](C)NC(=O)c2ccc(OC)c(S(=O)(=O)NC(C)(C)C)c2)n1. The number of hydrogen-bond donors (Lipinski definition) is 3. The van der Waals surface area contributed by atoms with E-state index in [0.29, 0.717) is 11.6 Å². The van der Waals surface area contributed by atoms with Crippen molar-refractivity contribution in [1.82, 2.24) is 25.2 Å². The second kappa shape index (κ2) is 9.13. The third kappa shape index (κ3) is 5.79. The Labute approximate surface area is 178 Å². The normalized spacial score (nSPS) is 14.2. The van der Waals surface area contributed by atoms with Crippen molar-refractivity contribution in [3.8, 4) is 5.75 Å². The van der Waals surface area contributed by atoms with Crippen LogP contribution in [0.1, 0.15) is 81.9 Å². The molecule has 0 fully saturated rings. The van der Waals surface area contributed by atoms with Gasteiger partial charge in [-0.05, 0) is 52.3 Å². The van der Waals surface area contributed by atoms with Crippen LogP contribution in [0.25, 0.3) is 0 Å². The summed E-state index contributed by atoms with van der Waals surface area (Å²) in [4.78, 5) is 17.1. The van der Waals surface area contributed by atoms with Crippen LogP contribution in [0, 0.1) is 0 Å². The fraction of sp³-hybridized carbons (Fsp3) is 0.550. The first-order valence-electron chi connectivity index (χ1n) is 9.83. The lowest BCUT2D eigenvalue weighted by atomic mass is 10.1. The highest BCUT2D eigenvalue weighted by Crippen LogP contribution is 2.26. The number of hydrogen-bond acceptors (Lipinski definition) is 6. The summed E-state index contributed by atoms with van der Waals surface area (Å²) in [5.41, 5.74) is -0.491. The Kier molecular flexibility index (Phi) is 7.25. The first kappa shape index (κ1) is 23.8. The molecule has 1 aromatic carbocycles. The van der Waals surface area contributed by atoms with E-state index in [1.54, 1.807) is 27.7 Å². The lowest BCUT2D eigenvalue weighted by Gasteiger charge is -2.21. The number of carbonyl (C=O) groups is 1. The fourth-order valence-electron chi connectivity index (χ4n) is 2.72. The van der Waals surface area contributed by atoms with Crippen molar-refractivity contribution in [2.45, 2.75) is 70.4 Å². The van der Waals surface area contributed by atoms with Crippen LogP contribution >= 0.6 is 0 Å². The number of rotatable bonds is 8. The lowest BCUT2D eigenvalue weighted by molar-refractivity contribution is 0.0938. The Morgan fingerprint density at radius 1 is 1.27 bits per heavy atom. The maximum atomic E-state index is 12.8. The molecule has 166 valence electrons. The average molecular weight is 438 g/mol. The van der Waals surface area contributed by atoms with Gasteiger partial charge in [-0.1, -0.05) is 13.8 Å². The monoisotopic (exact) mass is 437 g/mol. The van der Waals surface area contributed by atoms with Gasteiger partial charge in [-0.25, -0.2) is 18.1 Å². The molecule has 0 bridgehead atoms. The summed E-state index contributed by atoms with van der Waals surface area (Å²) in [5, 5.41) is 9.87. The van der Waals surface area contributed by atoms with E-state index in [-0.39, 0.29) is 22.1 Å². The molecule has 0 saturated carbocycles. The molecular formula is C20H31N5O4S. The van der Waals surface area contributed by atoms with Gasteiger partial charge in [-0.3, -0.25) is 9.89 Å². The van der Waals surface area contributed by atoms with E-state index in [1.165, 1.54) is 25.3 Å². The second-order valence-electron chi connectivity index (χ2n) is 8.30. The summed E-state index contributed by atoms with van der Waals surface area (Å²) in [5.74, 6) is 1.17. The minimum atomic E-state index is -3.89. The van der Waals surface area contributed by atoms with Crippen LogP contribution in [0.4, 0.5) is 0 Å². The summed E-state index contributed by atoms with van der Waals surface area (Å²) in [6.45, 7) is 11.1. The van der Waals surface area contributed by atoms with E-state index >= 15 is 0 Å². The van der Waals surface area contributed by atoms with Crippen LogP contribution in [0.5, 0.6) is 5.75 Å². The second-order valence-corrected chi connectivity index (χ2v) is 9.96. The number of aromatic nitrogens is 3. The van der Waals surface area contributed by atoms with Crippen LogP contribution < -0.4 is 14.8 Å². The van der Waals surface area contributed by atoms with E-state index in [9.17, 15) is 13.2 Å². The van der Waals surface area contributed by atoms with Crippen molar-refractivity contribution in [3.63, 3.8) is 0 Å². The minimum absolute atomic E-state index is 0.0982. The van der Waals surface area contributed by atoms with Crippen LogP contribution in [0.3, 0.4) is 0 Å². The Balaban J connectivity index is 2.27. The predicted molar refractivity (Wildman–Crippen MR) is 114 cm³/mol. The van der Waals surface area contributed by atoms with E-state index in [1.807, 2.05) is 6.92 Å². The van der Waals surface area contributed by atoms with E-state index < -0.39 is 27.5 Å². The Morgan fingerprint density at radius 3 is 2.50 bits per heavy atom. The Hall–Kier alpha value is -2.46. The highest BCUT2D eigenvalue weighted by Gasteiger charge is 2.27. The molecule has 2 aromatic rings. The van der Waals surface area contributed by atoms with Crippen LogP contribution in [0.2, 0.25) is 0 Å². The van der Waals surface area contributed by atoms with Crippen molar-refractivity contribution >= 4 is 15.9 Å². The molecule has 0 aliphatic carbocycles. The zero-order valence-electron chi connectivity index (χ0n) is 18.5. The first-order valence-corrected chi connectivity index (χ1v) is 11.3. The van der Waals surface area contributed by atoms with Gasteiger partial charge >= 0.3 is 0 Å². The van der Waals surface area contributed by atoms with Crippen molar-refractivity contribution in [3.05, 3.63) is 35.4 Å². The minimum Gasteiger partial charge on any atom is -0.495 e. The Morgan fingerprint density at radius 2 is 1.93 bits per heavy atom. The maximum absolute atomic E-state index is 12.8. The van der Waals surface area contributed by atoms with Gasteiger partial charge in [0.2, 0.25) is 10.0 Å². The molecule has 1 aromatic heterocycles. The number of nitrogens with one attached hydrogen (secondary N) is 3. The molecule has 2 atom stereocenters. The number of sulfonamides is 1. The standard InChI is InChI=1S/C20H31N5O4S/c1-8-12(2)17-22-18(24-23-17)13(3)21-19(26)14-9-10-15(29-7)16(11-14)30(27,28)25-20(4,5)6/h9-13,25H,8H2,1-7H3,(H,21,26)(H,22,23,24)/t12-,13+/m1/s1. The zero-order valence-corrected chi connectivity index (χ0v) is 19.3. The number of carbonyl (C=O) groups excluding carboxylic acids is 1. The van der Waals surface area contributed by atoms with Gasteiger partial charge < -0.3 is 10.1 Å². The molecule has 30 heavy (non-hydrogen) atoms. The molecule has 1 amide bonds. The van der Waals surface area contributed by atoms with Crippen LogP contribution in [0.15, 0.2) is 23.1 Å². The highest BCUT2D eigenvalue weighted by atomic mass is 32.2. The third-order valence-electron chi connectivity index (χ3n) is 4.49. The average Bonchev–Trinajstić information content (AvgIpc) is 3.15. The van der Waals surface area contributed by atoms with Gasteiger partial charge in [0.25, 0.3) is 5.91 Å². The number of methoxy groups -OCH3 is 1. The molecular weight excluding hydrogens is 406 g/mol. The molecule has 0 aliphatic rings. The summed E-state index contributed by atoms with van der Waals surface area (Å²) >= 11 is 0. The first-order chi connectivity index (χ1) is 13.9. The summed E-state index contributed by atoms with van der Waals surface area (Å²) in [7, 11) is -2.51. The molecule has 2 rings (SSSR count). The molecule has 0 saturated heterocycles. The number of amides is 1. The van der Waals surface area contributed by atoms with Crippen molar-refractivity contribution < 1.29 is 17.9 Å². The quantitative estimate of drug-likeness (QED) is 0.583. The van der Waals surface area contributed by atoms with Crippen LogP contribution in [-0.2, 0) is 10.0 Å². The predicted octanol–water partition coefficient (Wildman–Crippen LogP) is 2.89. The molecule has 0 unspecified atom stereocenters. The van der Waals surface area contributed by atoms with Gasteiger partial charge in [0.1, 0.15) is 16.5 Å². The number of H-pyrrole nitrogens is 1. The summed E-state index contributed by atoms with van der Waals surface area (Å²) in [6, 6.07) is 3.85. The van der Waals surface area contributed by atoms with Crippen molar-refractivity contribution in [2.24, 2.45) is 0 Å². The zero-order chi connectivity index (χ0) is 22.7. The topological polar surface area (TPSA) is 126 Å². The molecule has 0 aliphatic heterocycles. The fourth-order valence-corrected chi connectivity index (χ4v) is 4.33. The van der Waals surface area contributed by atoms with Crippen LogP contribution in [-0.4, -0.2) is 42.2 Å². The Bertz CT molecular complexity index is 995. The number of aromatic amines is 1. The molecule has 0 radical (unpaired) electrons. The molecule has 3 N–H and O–H groups in total. The highest BCUT2D eigenvalue weighted by molar-refractivity contribution is 7.89. The lowest BCUT2D eigenvalue weighted by Crippen LogP contribution is -2.40. The largest absolute Gasteiger partial charge is 0.495 e. The van der Waals surface area contributed by atoms with Gasteiger partial charge in [-0.15, -0.1) is 0 Å². The molecule has 9 nitrogen and oxygen atoms in total. The number of benzene rings is 1. The van der Waals surface area contributed by atoms with E-state index in [2.05, 4.69) is 32.1 Å². The van der Waals surface area contributed by atoms with Gasteiger partial charge in [0.15, 0.2) is 5.82 Å². The summed E-state index contributed by atoms with van der Waals surface area (Å²) in [6.07, 6.45) is 0.906. The van der Waals surface area contributed by atoms with Crippen molar-refractivity contribution in [1.29, 1.82) is 0 Å². The molecule has 10 heteroatoms. The number of nitrogens with zero attached hydrogens (tertiary/aromatic N) is 2. The van der Waals surface area contributed by atoms with Crippen molar-refractivity contribution in [2.75, 3.05) is 7.11 Å². The van der Waals surface area contributed by atoms with Gasteiger partial charge in [-0.2, -0.15) is 5.10 Å². The van der Waals surface area contributed by atoms with Gasteiger partial charge in [0.05, 0.1) is 13.2 Å². The van der Waals surface area contributed by atoms with E-state index in [4.69, 9.17) is 4.74 Å². The maximum Gasteiger partial charge on any atom is 0.251 e. The molecule has 0 spiro atoms. The summed E-state index contributed by atoms with van der Waals surface area (Å²) < 4.78 is 33.4. The molecule has 1 heterocycles.